The third-order valence-corrected chi connectivity index (χ3v) is 2.20. The molecule has 0 N–H and O–H groups in total. The molecular formula is C9H12O. The van der Waals surface area contributed by atoms with Gasteiger partial charge in [-0.15, -0.1) is 0 Å². The van der Waals surface area contributed by atoms with E-state index in [1.807, 2.05) is 0 Å². The van der Waals surface area contributed by atoms with Crippen LogP contribution in [0.25, 0.3) is 0 Å². The van der Waals surface area contributed by atoms with Crippen LogP contribution in [0.2, 0.25) is 0 Å². The van der Waals surface area contributed by atoms with E-state index in [-0.39, 0.29) is 0 Å². The highest BCUT2D eigenvalue weighted by atomic mass is 16.5. The van der Waals surface area contributed by atoms with E-state index in [4.69, 9.17) is 4.74 Å². The van der Waals surface area contributed by atoms with E-state index in [0.717, 1.165) is 19.4 Å². The zero-order valence-electron chi connectivity index (χ0n) is 6.26. The van der Waals surface area contributed by atoms with Crippen LogP contribution in [0.3, 0.4) is 0 Å². The number of rotatable bonds is 0. The minimum absolute atomic E-state index is 0.627. The minimum atomic E-state index is 0.627. The van der Waals surface area contributed by atoms with Gasteiger partial charge in [0, 0.05) is 12.3 Å². The smallest absolute Gasteiger partial charge is 0.102 e. The van der Waals surface area contributed by atoms with Crippen molar-refractivity contribution in [2.75, 3.05) is 6.61 Å². The Morgan fingerprint density at radius 2 is 2.50 bits per heavy atom. The quantitative estimate of drug-likeness (QED) is 0.496. The summed E-state index contributed by atoms with van der Waals surface area (Å²) in [4.78, 5) is 0. The number of ether oxygens (including phenoxy) is 1. The Hall–Kier alpha value is -0.720. The molecule has 0 aromatic carbocycles. The van der Waals surface area contributed by atoms with Gasteiger partial charge in [0.25, 0.3) is 0 Å². The largest absolute Gasteiger partial charge is 0.497 e. The van der Waals surface area contributed by atoms with E-state index < -0.39 is 0 Å². The van der Waals surface area contributed by atoms with E-state index in [2.05, 4.69) is 19.1 Å². The third kappa shape index (κ3) is 0.772. The fraction of sp³-hybridized carbons (Fsp3) is 0.556. The Morgan fingerprint density at radius 1 is 1.60 bits per heavy atom. The van der Waals surface area contributed by atoms with Gasteiger partial charge in [-0.2, -0.15) is 0 Å². The second-order valence-electron chi connectivity index (χ2n) is 3.03. The standard InChI is InChI=1S/C9H12O/c1-7-3-2-4-8-5-6-10-9(7)8/h2,4,7H,3,5-6H2,1H3. The summed E-state index contributed by atoms with van der Waals surface area (Å²) >= 11 is 0. The van der Waals surface area contributed by atoms with Crippen molar-refractivity contribution >= 4 is 0 Å². The maximum absolute atomic E-state index is 5.50. The van der Waals surface area contributed by atoms with Gasteiger partial charge in [0.1, 0.15) is 5.76 Å². The molecule has 0 aromatic rings. The molecule has 0 spiro atoms. The molecule has 0 bridgehead atoms. The van der Waals surface area contributed by atoms with E-state index >= 15 is 0 Å². The van der Waals surface area contributed by atoms with E-state index in [1.165, 1.54) is 11.3 Å². The highest BCUT2D eigenvalue weighted by Crippen LogP contribution is 2.31. The average Bonchev–Trinajstić information content (AvgIpc) is 2.36. The number of hydrogen-bond donors (Lipinski definition) is 0. The van der Waals surface area contributed by atoms with E-state index in [1.54, 1.807) is 0 Å². The van der Waals surface area contributed by atoms with Crippen LogP contribution in [0, 0.1) is 5.92 Å². The van der Waals surface area contributed by atoms with Gasteiger partial charge >= 0.3 is 0 Å². The van der Waals surface area contributed by atoms with Crippen LogP contribution < -0.4 is 0 Å². The molecule has 1 heteroatoms. The van der Waals surface area contributed by atoms with Gasteiger partial charge in [-0.05, 0) is 12.0 Å². The Labute approximate surface area is 61.4 Å². The van der Waals surface area contributed by atoms with Crippen molar-refractivity contribution in [2.45, 2.75) is 19.8 Å². The molecule has 1 aliphatic carbocycles. The first kappa shape index (κ1) is 6.02. The molecule has 0 aromatic heterocycles. The molecule has 1 nitrogen and oxygen atoms in total. The fourth-order valence-electron chi connectivity index (χ4n) is 1.63. The van der Waals surface area contributed by atoms with Crippen LogP contribution in [0.4, 0.5) is 0 Å². The van der Waals surface area contributed by atoms with Gasteiger partial charge < -0.3 is 4.74 Å². The van der Waals surface area contributed by atoms with Crippen LogP contribution in [-0.4, -0.2) is 6.61 Å². The maximum Gasteiger partial charge on any atom is 0.102 e. The Kier molecular flexibility index (Phi) is 1.30. The lowest BCUT2D eigenvalue weighted by Crippen LogP contribution is -2.02. The van der Waals surface area contributed by atoms with Crippen molar-refractivity contribution in [1.82, 2.24) is 0 Å². The average molecular weight is 136 g/mol. The lowest BCUT2D eigenvalue weighted by molar-refractivity contribution is 0.211. The molecule has 10 heavy (non-hydrogen) atoms. The van der Waals surface area contributed by atoms with Crippen molar-refractivity contribution in [1.29, 1.82) is 0 Å². The van der Waals surface area contributed by atoms with Crippen LogP contribution in [0.15, 0.2) is 23.5 Å². The van der Waals surface area contributed by atoms with E-state index in [9.17, 15) is 0 Å². The zero-order valence-corrected chi connectivity index (χ0v) is 6.26. The SMILES string of the molecule is CC1CC=CC2=C1OCC2. The van der Waals surface area contributed by atoms with Gasteiger partial charge in [-0.1, -0.05) is 19.1 Å². The van der Waals surface area contributed by atoms with Gasteiger partial charge in [-0.25, -0.2) is 0 Å². The summed E-state index contributed by atoms with van der Waals surface area (Å²) < 4.78 is 5.50. The molecule has 0 amide bonds. The predicted molar refractivity (Wildman–Crippen MR) is 40.5 cm³/mol. The van der Waals surface area contributed by atoms with Crippen LogP contribution in [0.1, 0.15) is 19.8 Å². The molecule has 1 aliphatic heterocycles. The first-order chi connectivity index (χ1) is 4.88. The van der Waals surface area contributed by atoms with Crippen LogP contribution >= 0.6 is 0 Å². The maximum atomic E-state index is 5.50. The van der Waals surface area contributed by atoms with Gasteiger partial charge in [0.15, 0.2) is 0 Å². The first-order valence-electron chi connectivity index (χ1n) is 3.90. The molecule has 2 rings (SSSR count). The molecule has 2 aliphatic rings. The van der Waals surface area contributed by atoms with Gasteiger partial charge in [0.05, 0.1) is 6.61 Å². The van der Waals surface area contributed by atoms with Crippen molar-refractivity contribution < 1.29 is 4.74 Å². The zero-order chi connectivity index (χ0) is 6.97. The summed E-state index contributed by atoms with van der Waals surface area (Å²) in [7, 11) is 0. The number of allylic oxidation sites excluding steroid dienone is 3. The highest BCUT2D eigenvalue weighted by molar-refractivity contribution is 5.30. The van der Waals surface area contributed by atoms with Crippen molar-refractivity contribution in [3.8, 4) is 0 Å². The van der Waals surface area contributed by atoms with E-state index in [0.29, 0.717) is 5.92 Å². The minimum Gasteiger partial charge on any atom is -0.497 e. The van der Waals surface area contributed by atoms with Crippen molar-refractivity contribution in [2.24, 2.45) is 5.92 Å². The molecule has 0 fully saturated rings. The Bertz CT molecular complexity index is 201. The second kappa shape index (κ2) is 2.15. The molecule has 1 atom stereocenters. The van der Waals surface area contributed by atoms with Crippen LogP contribution in [0.5, 0.6) is 0 Å². The summed E-state index contributed by atoms with van der Waals surface area (Å²) in [5.41, 5.74) is 1.43. The summed E-state index contributed by atoms with van der Waals surface area (Å²) in [6, 6.07) is 0. The molecule has 54 valence electrons. The first-order valence-corrected chi connectivity index (χ1v) is 3.90. The lowest BCUT2D eigenvalue weighted by atomic mass is 9.96. The van der Waals surface area contributed by atoms with Crippen molar-refractivity contribution in [3.63, 3.8) is 0 Å². The molecule has 0 radical (unpaired) electrons. The molecular weight excluding hydrogens is 124 g/mol. The van der Waals surface area contributed by atoms with Crippen molar-refractivity contribution in [3.05, 3.63) is 23.5 Å². The Morgan fingerprint density at radius 3 is 3.30 bits per heavy atom. The Balaban J connectivity index is 2.30. The molecule has 0 saturated heterocycles. The molecule has 1 heterocycles. The van der Waals surface area contributed by atoms with Gasteiger partial charge in [0.2, 0.25) is 0 Å². The molecule has 1 unspecified atom stereocenters. The monoisotopic (exact) mass is 136 g/mol. The lowest BCUT2D eigenvalue weighted by Gasteiger charge is -2.14. The van der Waals surface area contributed by atoms with Crippen LogP contribution in [-0.2, 0) is 4.74 Å². The second-order valence-corrected chi connectivity index (χ2v) is 3.03. The molecule has 0 saturated carbocycles. The van der Waals surface area contributed by atoms with Gasteiger partial charge in [-0.3, -0.25) is 0 Å². The summed E-state index contributed by atoms with van der Waals surface area (Å²) in [6.45, 7) is 3.13. The summed E-state index contributed by atoms with van der Waals surface area (Å²) in [5, 5.41) is 0. The normalized spacial score (nSPS) is 30.3. The third-order valence-electron chi connectivity index (χ3n) is 2.20. The summed E-state index contributed by atoms with van der Waals surface area (Å²) in [6.07, 6.45) is 6.73. The predicted octanol–water partition coefficient (Wildman–Crippen LogP) is 2.26. The topological polar surface area (TPSA) is 9.23 Å². The number of hydrogen-bond acceptors (Lipinski definition) is 1. The highest BCUT2D eigenvalue weighted by Gasteiger charge is 2.21. The fourth-order valence-corrected chi connectivity index (χ4v) is 1.63. The summed E-state index contributed by atoms with van der Waals surface area (Å²) in [5.74, 6) is 1.88.